The lowest BCUT2D eigenvalue weighted by Gasteiger charge is -2.37. The number of nitrogens with zero attached hydrogens (tertiary/aromatic N) is 1. The Bertz CT molecular complexity index is 510. The van der Waals surface area contributed by atoms with Crippen LogP contribution >= 0.6 is 11.6 Å². The van der Waals surface area contributed by atoms with Crippen molar-refractivity contribution >= 4 is 23.2 Å². The SMILES string of the molecule is CC(N)C1CCCCN1CC(=O)Nc1ccc(F)cc1Cl. The van der Waals surface area contributed by atoms with E-state index in [9.17, 15) is 9.18 Å². The van der Waals surface area contributed by atoms with Gasteiger partial charge in [0.2, 0.25) is 5.91 Å². The summed E-state index contributed by atoms with van der Waals surface area (Å²) in [4.78, 5) is 14.3. The van der Waals surface area contributed by atoms with Crippen LogP contribution in [0.25, 0.3) is 0 Å². The van der Waals surface area contributed by atoms with Gasteiger partial charge in [0.15, 0.2) is 0 Å². The summed E-state index contributed by atoms with van der Waals surface area (Å²) in [6.07, 6.45) is 3.24. The minimum atomic E-state index is -0.425. The molecule has 1 fully saturated rings. The second-order valence-corrected chi connectivity index (χ2v) is 5.97. The molecule has 4 nitrogen and oxygen atoms in total. The molecule has 1 aromatic rings. The average Bonchev–Trinajstić information content (AvgIpc) is 2.42. The van der Waals surface area contributed by atoms with E-state index in [4.69, 9.17) is 17.3 Å². The Hall–Kier alpha value is -1.17. The fourth-order valence-corrected chi connectivity index (χ4v) is 2.99. The quantitative estimate of drug-likeness (QED) is 0.898. The van der Waals surface area contributed by atoms with Crippen LogP contribution in [0.1, 0.15) is 26.2 Å². The number of anilines is 1. The molecule has 1 saturated heterocycles. The highest BCUT2D eigenvalue weighted by Crippen LogP contribution is 2.23. The first kappa shape index (κ1) is 16.2. The van der Waals surface area contributed by atoms with Crippen LogP contribution in [-0.2, 0) is 4.79 Å². The van der Waals surface area contributed by atoms with Crippen LogP contribution in [0.3, 0.4) is 0 Å². The second-order valence-electron chi connectivity index (χ2n) is 5.57. The van der Waals surface area contributed by atoms with Crippen molar-refractivity contribution in [2.45, 2.75) is 38.3 Å². The number of hydrogen-bond donors (Lipinski definition) is 2. The lowest BCUT2D eigenvalue weighted by molar-refractivity contribution is -0.118. The minimum absolute atomic E-state index is 0.0347. The number of piperidine rings is 1. The van der Waals surface area contributed by atoms with Gasteiger partial charge in [-0.15, -0.1) is 0 Å². The van der Waals surface area contributed by atoms with Crippen molar-refractivity contribution in [3.63, 3.8) is 0 Å². The topological polar surface area (TPSA) is 58.4 Å². The van der Waals surface area contributed by atoms with Gasteiger partial charge in [0, 0.05) is 12.1 Å². The van der Waals surface area contributed by atoms with Crippen molar-refractivity contribution in [2.24, 2.45) is 5.73 Å². The molecule has 0 saturated carbocycles. The Labute approximate surface area is 129 Å². The average molecular weight is 314 g/mol. The molecule has 1 heterocycles. The zero-order valence-corrected chi connectivity index (χ0v) is 12.9. The molecule has 0 aliphatic carbocycles. The highest BCUT2D eigenvalue weighted by atomic mass is 35.5. The largest absolute Gasteiger partial charge is 0.327 e. The van der Waals surface area contributed by atoms with E-state index < -0.39 is 5.82 Å². The van der Waals surface area contributed by atoms with Gasteiger partial charge in [-0.2, -0.15) is 0 Å². The highest BCUT2D eigenvalue weighted by Gasteiger charge is 2.26. The summed E-state index contributed by atoms with van der Waals surface area (Å²) in [5, 5.41) is 2.92. The molecular formula is C15H21ClFN3O. The third kappa shape index (κ3) is 4.40. The molecule has 2 atom stereocenters. The van der Waals surface area contributed by atoms with Gasteiger partial charge in [0.05, 0.1) is 17.3 Å². The smallest absolute Gasteiger partial charge is 0.238 e. The number of nitrogens with two attached hydrogens (primary N) is 1. The lowest BCUT2D eigenvalue weighted by Crippen LogP contribution is -2.51. The fourth-order valence-electron chi connectivity index (χ4n) is 2.77. The standard InChI is InChI=1S/C15H21ClFN3O/c1-10(18)14-4-2-3-7-20(14)9-15(21)19-13-6-5-11(17)8-12(13)16/h5-6,8,10,14H,2-4,7,9,18H2,1H3,(H,19,21). The Morgan fingerprint density at radius 2 is 2.33 bits per heavy atom. The van der Waals surface area contributed by atoms with Gasteiger partial charge in [0.1, 0.15) is 5.82 Å². The van der Waals surface area contributed by atoms with E-state index >= 15 is 0 Å². The summed E-state index contributed by atoms with van der Waals surface area (Å²) in [7, 11) is 0. The van der Waals surface area contributed by atoms with E-state index in [2.05, 4.69) is 10.2 Å². The number of rotatable bonds is 4. The summed E-state index contributed by atoms with van der Waals surface area (Å²) in [5.41, 5.74) is 6.42. The number of carbonyl (C=O) groups is 1. The Balaban J connectivity index is 1.97. The number of likely N-dealkylation sites (tertiary alicyclic amines) is 1. The third-order valence-electron chi connectivity index (χ3n) is 3.82. The van der Waals surface area contributed by atoms with Gasteiger partial charge in [-0.05, 0) is 44.5 Å². The number of amides is 1. The van der Waals surface area contributed by atoms with Crippen molar-refractivity contribution in [1.82, 2.24) is 4.90 Å². The first-order chi connectivity index (χ1) is 9.97. The Kier molecular flexibility index (Phi) is 5.56. The maximum absolute atomic E-state index is 13.0. The fraction of sp³-hybridized carbons (Fsp3) is 0.533. The molecular weight excluding hydrogens is 293 g/mol. The molecule has 0 bridgehead atoms. The molecule has 1 aliphatic rings. The van der Waals surface area contributed by atoms with Gasteiger partial charge in [-0.1, -0.05) is 18.0 Å². The predicted molar refractivity (Wildman–Crippen MR) is 82.9 cm³/mol. The summed E-state index contributed by atoms with van der Waals surface area (Å²) in [6, 6.07) is 4.19. The van der Waals surface area contributed by atoms with Crippen LogP contribution in [-0.4, -0.2) is 36.0 Å². The van der Waals surface area contributed by atoms with Crippen LogP contribution in [0.4, 0.5) is 10.1 Å². The van der Waals surface area contributed by atoms with E-state index in [1.807, 2.05) is 6.92 Å². The molecule has 0 radical (unpaired) electrons. The van der Waals surface area contributed by atoms with Gasteiger partial charge in [0.25, 0.3) is 0 Å². The van der Waals surface area contributed by atoms with Crippen LogP contribution in [0.5, 0.6) is 0 Å². The molecule has 3 N–H and O–H groups in total. The van der Waals surface area contributed by atoms with Crippen LogP contribution in [0, 0.1) is 5.82 Å². The number of hydrogen-bond acceptors (Lipinski definition) is 3. The molecule has 21 heavy (non-hydrogen) atoms. The Morgan fingerprint density at radius 1 is 1.57 bits per heavy atom. The summed E-state index contributed by atoms with van der Waals surface area (Å²) in [6.45, 7) is 3.12. The van der Waals surface area contributed by atoms with Crippen LogP contribution in [0.2, 0.25) is 5.02 Å². The van der Waals surface area contributed by atoms with Crippen molar-refractivity contribution in [1.29, 1.82) is 0 Å². The molecule has 6 heteroatoms. The predicted octanol–water partition coefficient (Wildman–Crippen LogP) is 2.62. The van der Waals surface area contributed by atoms with E-state index in [0.717, 1.165) is 25.8 Å². The van der Waals surface area contributed by atoms with Crippen molar-refractivity contribution < 1.29 is 9.18 Å². The first-order valence-corrected chi connectivity index (χ1v) is 7.59. The summed E-state index contributed by atoms with van der Waals surface area (Å²) in [5.74, 6) is -0.581. The molecule has 116 valence electrons. The van der Waals surface area contributed by atoms with Gasteiger partial charge in [-0.25, -0.2) is 4.39 Å². The van der Waals surface area contributed by atoms with Crippen LogP contribution < -0.4 is 11.1 Å². The normalized spacial score (nSPS) is 21.0. The van der Waals surface area contributed by atoms with Gasteiger partial charge < -0.3 is 11.1 Å². The maximum Gasteiger partial charge on any atom is 0.238 e. The van der Waals surface area contributed by atoms with E-state index in [0.29, 0.717) is 5.69 Å². The van der Waals surface area contributed by atoms with Gasteiger partial charge >= 0.3 is 0 Å². The minimum Gasteiger partial charge on any atom is -0.327 e. The molecule has 2 unspecified atom stereocenters. The van der Waals surface area contributed by atoms with E-state index in [1.165, 1.54) is 18.2 Å². The summed E-state index contributed by atoms with van der Waals surface area (Å²) >= 11 is 5.91. The molecule has 0 spiro atoms. The third-order valence-corrected chi connectivity index (χ3v) is 4.14. The maximum atomic E-state index is 13.0. The molecule has 1 aromatic carbocycles. The second kappa shape index (κ2) is 7.20. The van der Waals surface area contributed by atoms with Crippen LogP contribution in [0.15, 0.2) is 18.2 Å². The van der Waals surface area contributed by atoms with Crippen molar-refractivity contribution in [2.75, 3.05) is 18.4 Å². The first-order valence-electron chi connectivity index (χ1n) is 7.22. The molecule has 1 amide bonds. The van der Waals surface area contributed by atoms with Crippen molar-refractivity contribution in [3.05, 3.63) is 29.0 Å². The number of benzene rings is 1. The number of carbonyl (C=O) groups excluding carboxylic acids is 1. The molecule has 1 aliphatic heterocycles. The summed E-state index contributed by atoms with van der Waals surface area (Å²) < 4.78 is 13.0. The zero-order valence-electron chi connectivity index (χ0n) is 12.1. The number of halogens is 2. The number of nitrogens with one attached hydrogen (secondary N) is 1. The van der Waals surface area contributed by atoms with E-state index in [-0.39, 0.29) is 29.6 Å². The molecule has 0 aromatic heterocycles. The lowest BCUT2D eigenvalue weighted by atomic mass is 9.97. The highest BCUT2D eigenvalue weighted by molar-refractivity contribution is 6.33. The van der Waals surface area contributed by atoms with E-state index in [1.54, 1.807) is 0 Å². The monoisotopic (exact) mass is 313 g/mol. The molecule has 2 rings (SSSR count). The van der Waals surface area contributed by atoms with Crippen molar-refractivity contribution in [3.8, 4) is 0 Å². The Morgan fingerprint density at radius 3 is 3.00 bits per heavy atom. The van der Waals surface area contributed by atoms with Gasteiger partial charge in [-0.3, -0.25) is 9.69 Å². The zero-order chi connectivity index (χ0) is 15.4.